The van der Waals surface area contributed by atoms with E-state index in [4.69, 9.17) is 9.72 Å². The number of nitrogens with zero attached hydrogens (tertiary/aromatic N) is 7. The molecule has 5 aromatic rings. The second kappa shape index (κ2) is 19.0. The smallest absolute Gasteiger partial charge is 0.229 e. The van der Waals surface area contributed by atoms with Crippen molar-refractivity contribution in [3.63, 3.8) is 0 Å². The summed E-state index contributed by atoms with van der Waals surface area (Å²) in [7, 11) is -1.09. The Morgan fingerprint density at radius 2 is 1.69 bits per heavy atom. The highest BCUT2D eigenvalue weighted by Gasteiger charge is 2.30. The van der Waals surface area contributed by atoms with Gasteiger partial charge in [0.2, 0.25) is 5.95 Å². The minimum absolute atomic E-state index is 0.0878. The third-order valence-electron chi connectivity index (χ3n) is 12.5. The quantitative estimate of drug-likeness (QED) is 0.0991. The fourth-order valence-corrected chi connectivity index (χ4v) is 11.0. The number of hydrogen-bond donors (Lipinski definition) is 3. The summed E-state index contributed by atoms with van der Waals surface area (Å²) in [6.45, 7) is 13.8. The van der Waals surface area contributed by atoms with Gasteiger partial charge in [-0.05, 0) is 116 Å². The maximum atomic E-state index is 15.1. The number of aryl methyl sites for hydroxylation is 1. The minimum atomic E-state index is -2.77. The number of piperazine rings is 1. The molecule has 5 heterocycles. The molecule has 3 N–H and O–H groups in total. The van der Waals surface area contributed by atoms with Crippen molar-refractivity contribution in [1.82, 2.24) is 35.1 Å². The van der Waals surface area contributed by atoms with Gasteiger partial charge in [-0.25, -0.2) is 13.8 Å². The number of rotatable bonds is 13. The largest absolute Gasteiger partial charge is 0.494 e. The number of ether oxygens (including phenoxy) is 1. The van der Waals surface area contributed by atoms with Crippen LogP contribution in [0.3, 0.4) is 0 Å². The molecule has 1 atom stereocenters. The van der Waals surface area contributed by atoms with Crippen LogP contribution in [-0.4, -0.2) is 115 Å². The Labute approximate surface area is 365 Å². The first-order valence-corrected chi connectivity index (χ1v) is 24.8. The average Bonchev–Trinajstić information content (AvgIpc) is 3.26. The SMILES string of the molecule is CCc1cc(Nc2ncc(Br)c(Nc3ccc4nccnc4c3P(C)(C)=O)n2)c(OC)cc1N1CCC(N2CCN(CCc3cc(F)c(C4CCCNC4)c(F)c3)CC2)CC1. The number of piperidine rings is 2. The molecule has 2 aromatic heterocycles. The topological polar surface area (TPSA) is 124 Å². The second-order valence-corrected chi connectivity index (χ2v) is 20.8. The summed E-state index contributed by atoms with van der Waals surface area (Å²) < 4.78 is 50.2. The summed E-state index contributed by atoms with van der Waals surface area (Å²) >= 11 is 3.59. The predicted octanol–water partition coefficient (Wildman–Crippen LogP) is 8.06. The number of aromatic nitrogens is 4. The Morgan fingerprint density at radius 1 is 0.934 bits per heavy atom. The second-order valence-electron chi connectivity index (χ2n) is 16.8. The van der Waals surface area contributed by atoms with Gasteiger partial charge in [0.25, 0.3) is 0 Å². The molecule has 3 saturated heterocycles. The molecule has 0 bridgehead atoms. The Morgan fingerprint density at radius 3 is 2.38 bits per heavy atom. The Bertz CT molecular complexity index is 2370. The summed E-state index contributed by atoms with van der Waals surface area (Å²) in [5.74, 6) is 0.701. The van der Waals surface area contributed by atoms with Crippen LogP contribution >= 0.6 is 23.1 Å². The molecular weight excluding hydrogens is 861 g/mol. The first-order valence-electron chi connectivity index (χ1n) is 21.5. The van der Waals surface area contributed by atoms with Crippen molar-refractivity contribution in [1.29, 1.82) is 0 Å². The van der Waals surface area contributed by atoms with Crippen molar-refractivity contribution in [2.75, 3.05) is 94.9 Å². The molecule has 0 saturated carbocycles. The number of nitrogens with one attached hydrogen (secondary N) is 3. The number of methoxy groups -OCH3 is 1. The highest BCUT2D eigenvalue weighted by Crippen LogP contribution is 2.42. The van der Waals surface area contributed by atoms with Crippen LogP contribution in [0.2, 0.25) is 0 Å². The van der Waals surface area contributed by atoms with Gasteiger partial charge in [0, 0.05) is 100 Å². The Kier molecular flexibility index (Phi) is 13.5. The van der Waals surface area contributed by atoms with E-state index in [2.05, 4.69) is 80.6 Å². The molecule has 0 radical (unpaired) electrons. The normalized spacial score (nSPS) is 18.4. The van der Waals surface area contributed by atoms with Gasteiger partial charge in [-0.1, -0.05) is 6.92 Å². The maximum Gasteiger partial charge on any atom is 0.229 e. The summed E-state index contributed by atoms with van der Waals surface area (Å²) in [6, 6.07) is 11.6. The van der Waals surface area contributed by atoms with Crippen LogP contribution in [0, 0.1) is 11.6 Å². The molecule has 3 aromatic carbocycles. The number of fused-ring (bicyclic) bond motifs is 1. The predicted molar refractivity (Wildman–Crippen MR) is 245 cm³/mol. The summed E-state index contributed by atoms with van der Waals surface area (Å²) in [6.07, 6.45) is 10.3. The van der Waals surface area contributed by atoms with Crippen LogP contribution in [0.15, 0.2) is 59.5 Å². The molecule has 0 spiro atoms. The number of anilines is 5. The van der Waals surface area contributed by atoms with Crippen molar-refractivity contribution in [2.24, 2.45) is 0 Å². The zero-order valence-electron chi connectivity index (χ0n) is 35.5. The standard InChI is InChI=1S/C45H56BrF2N10O2P/c1-5-30-25-38(54-45-52-28-33(46)44(55-45)53-37-9-8-36-42(51-15-14-50-36)43(37)61(3,4)59)40(60-2)26-39(30)58-17-11-32(12-18-58)57-21-19-56(20-22-57)16-10-29-23-34(47)41(35(48)24-29)31-7-6-13-49-27-31/h8-9,14-15,23-26,28,31-32,49H,5-7,10-13,16-22,27H2,1-4H3,(H2,52,53,54,55). The molecule has 324 valence electrons. The summed E-state index contributed by atoms with van der Waals surface area (Å²) in [5.41, 5.74) is 6.06. The summed E-state index contributed by atoms with van der Waals surface area (Å²) in [5, 5.41) is 10.7. The first-order chi connectivity index (χ1) is 29.5. The third-order valence-corrected chi connectivity index (χ3v) is 14.6. The zero-order valence-corrected chi connectivity index (χ0v) is 38.0. The van der Waals surface area contributed by atoms with E-state index >= 15 is 8.78 Å². The van der Waals surface area contributed by atoms with Crippen molar-refractivity contribution >= 4 is 68.2 Å². The summed E-state index contributed by atoms with van der Waals surface area (Å²) in [4.78, 5) is 25.8. The minimum Gasteiger partial charge on any atom is -0.494 e. The fraction of sp³-hybridized carbons (Fsp3) is 0.467. The van der Waals surface area contributed by atoms with Crippen molar-refractivity contribution in [3.8, 4) is 5.75 Å². The number of benzene rings is 3. The average molecular weight is 918 g/mol. The molecule has 16 heteroatoms. The van der Waals surface area contributed by atoms with Crippen LogP contribution < -0.4 is 30.9 Å². The van der Waals surface area contributed by atoms with E-state index in [0.717, 1.165) is 95.7 Å². The van der Waals surface area contributed by atoms with E-state index in [1.165, 1.54) is 11.3 Å². The molecule has 3 aliphatic rings. The van der Waals surface area contributed by atoms with Gasteiger partial charge in [-0.2, -0.15) is 4.98 Å². The molecule has 1 unspecified atom stereocenters. The fourth-order valence-electron chi connectivity index (χ4n) is 9.27. The molecule has 8 rings (SSSR count). The van der Waals surface area contributed by atoms with Crippen LogP contribution in [-0.2, 0) is 17.4 Å². The molecular formula is C45H56BrF2N10O2P. The van der Waals surface area contributed by atoms with Gasteiger partial charge in [-0.3, -0.25) is 14.9 Å². The van der Waals surface area contributed by atoms with Crippen LogP contribution in [0.1, 0.15) is 55.2 Å². The van der Waals surface area contributed by atoms with Gasteiger partial charge in [0.1, 0.15) is 35.9 Å². The van der Waals surface area contributed by atoms with Crippen LogP contribution in [0.4, 0.5) is 37.6 Å². The maximum absolute atomic E-state index is 15.1. The lowest BCUT2D eigenvalue weighted by molar-refractivity contribution is 0.0855. The van der Waals surface area contributed by atoms with E-state index in [1.807, 2.05) is 12.1 Å². The van der Waals surface area contributed by atoms with Gasteiger partial charge in [0.15, 0.2) is 0 Å². The lowest BCUT2D eigenvalue weighted by Gasteiger charge is -2.43. The zero-order chi connectivity index (χ0) is 42.7. The van der Waals surface area contributed by atoms with Crippen molar-refractivity contribution in [3.05, 3.63) is 87.8 Å². The van der Waals surface area contributed by atoms with Gasteiger partial charge >= 0.3 is 0 Å². The molecule has 61 heavy (non-hydrogen) atoms. The highest BCUT2D eigenvalue weighted by molar-refractivity contribution is 9.10. The van der Waals surface area contributed by atoms with Crippen molar-refractivity contribution in [2.45, 2.75) is 57.4 Å². The van der Waals surface area contributed by atoms with E-state index in [0.29, 0.717) is 63.0 Å². The van der Waals surface area contributed by atoms with E-state index in [-0.39, 0.29) is 11.5 Å². The van der Waals surface area contributed by atoms with Crippen molar-refractivity contribution < 1.29 is 18.1 Å². The van der Waals surface area contributed by atoms with Crippen LogP contribution in [0.25, 0.3) is 11.0 Å². The van der Waals surface area contributed by atoms with Gasteiger partial charge in [-0.15, -0.1) is 0 Å². The third kappa shape index (κ3) is 9.86. The molecule has 0 amide bonds. The van der Waals surface area contributed by atoms with Crippen LogP contribution in [0.5, 0.6) is 5.75 Å². The first kappa shape index (κ1) is 43.4. The van der Waals surface area contributed by atoms with E-state index in [9.17, 15) is 4.57 Å². The van der Waals surface area contributed by atoms with E-state index in [1.54, 1.807) is 51.2 Å². The molecule has 3 fully saturated rings. The number of halogens is 3. The Hall–Kier alpha value is -4.27. The molecule has 12 nitrogen and oxygen atoms in total. The Balaban J connectivity index is 0.874. The van der Waals surface area contributed by atoms with Gasteiger partial charge in [0.05, 0.1) is 33.8 Å². The van der Waals surface area contributed by atoms with Gasteiger partial charge < -0.3 is 35.1 Å². The molecule has 3 aliphatic heterocycles. The number of hydrogen-bond acceptors (Lipinski definition) is 12. The molecule has 0 aliphatic carbocycles. The monoisotopic (exact) mass is 916 g/mol. The van der Waals surface area contributed by atoms with E-state index < -0.39 is 18.8 Å². The highest BCUT2D eigenvalue weighted by atomic mass is 79.9. The lowest BCUT2D eigenvalue weighted by atomic mass is 9.90. The lowest BCUT2D eigenvalue weighted by Crippen LogP contribution is -2.53.